The van der Waals surface area contributed by atoms with Crippen LogP contribution in [0.1, 0.15) is 44.6 Å². The van der Waals surface area contributed by atoms with Crippen LogP contribution >= 0.6 is 0 Å². The van der Waals surface area contributed by atoms with Crippen molar-refractivity contribution in [2.24, 2.45) is 0 Å². The molecule has 0 aliphatic carbocycles. The van der Waals surface area contributed by atoms with E-state index in [1.807, 2.05) is 37.2 Å². The molecule has 0 aliphatic heterocycles. The molecule has 0 fully saturated rings. The number of aryl methyl sites for hydroxylation is 1. The molecule has 2 aromatic rings. The Morgan fingerprint density at radius 2 is 1.77 bits per heavy atom. The van der Waals surface area contributed by atoms with Gasteiger partial charge in [-0.05, 0) is 50.1 Å². The summed E-state index contributed by atoms with van der Waals surface area (Å²) in [5, 5.41) is 9.37. The molecule has 1 N–H and O–H groups in total. The first-order valence-electron chi connectivity index (χ1n) is 9.52. The molecule has 0 radical (unpaired) electrons. The van der Waals surface area contributed by atoms with Crippen LogP contribution in [-0.4, -0.2) is 50.0 Å². The second kappa shape index (κ2) is 9.76. The number of ketones is 1. The summed E-state index contributed by atoms with van der Waals surface area (Å²) in [6.07, 6.45) is 0.237. The second-order valence-corrected chi connectivity index (χ2v) is 7.18. The number of rotatable bonds is 7. The smallest absolute Gasteiger partial charge is 0.349 e. The summed E-state index contributed by atoms with van der Waals surface area (Å²) >= 11 is 0. The van der Waals surface area contributed by atoms with Crippen molar-refractivity contribution in [3.05, 3.63) is 57.9 Å². The van der Waals surface area contributed by atoms with Crippen LogP contribution in [-0.2, 0) is 14.3 Å². The van der Waals surface area contributed by atoms with Crippen molar-refractivity contribution in [1.29, 1.82) is 5.26 Å². The zero-order valence-corrected chi connectivity index (χ0v) is 18.4. The van der Waals surface area contributed by atoms with Gasteiger partial charge >= 0.3 is 11.9 Å². The number of Topliss-reactive ketones (excluding diaryl/α,β-unsaturated/α-hetero) is 1. The van der Waals surface area contributed by atoms with Crippen LogP contribution in [0.25, 0.3) is 6.08 Å². The second-order valence-electron chi connectivity index (χ2n) is 7.18. The van der Waals surface area contributed by atoms with Gasteiger partial charge in [0, 0.05) is 25.5 Å². The molecule has 0 spiro atoms. The number of aromatic nitrogens is 1. The summed E-state index contributed by atoms with van der Waals surface area (Å²) in [7, 11) is 5.07. The number of nitrogens with zero attached hydrogens (tertiary/aromatic N) is 2. The predicted octanol–water partition coefficient (Wildman–Crippen LogP) is 3.21. The van der Waals surface area contributed by atoms with Gasteiger partial charge in [0.25, 0.3) is 0 Å². The first kappa shape index (κ1) is 23.4. The minimum absolute atomic E-state index is 0.153. The summed E-state index contributed by atoms with van der Waals surface area (Å²) in [5.74, 6) is -1.99. The molecule has 0 aliphatic rings. The van der Waals surface area contributed by atoms with E-state index in [-0.39, 0.29) is 16.8 Å². The molecule has 1 aromatic heterocycles. The van der Waals surface area contributed by atoms with Gasteiger partial charge in [0.05, 0.1) is 18.4 Å². The third kappa shape index (κ3) is 5.20. The lowest BCUT2D eigenvalue weighted by molar-refractivity contribution is -0.141. The predicted molar refractivity (Wildman–Crippen MR) is 116 cm³/mol. The zero-order valence-electron chi connectivity index (χ0n) is 18.4. The molecule has 0 saturated heterocycles. The largest absolute Gasteiger partial charge is 0.465 e. The lowest BCUT2D eigenvalue weighted by Gasteiger charge is -2.13. The highest BCUT2D eigenvalue weighted by molar-refractivity contribution is 6.05. The van der Waals surface area contributed by atoms with E-state index in [2.05, 4.69) is 4.98 Å². The normalized spacial score (nSPS) is 12.0. The van der Waals surface area contributed by atoms with Crippen molar-refractivity contribution in [1.82, 2.24) is 4.98 Å². The van der Waals surface area contributed by atoms with Gasteiger partial charge in [0.1, 0.15) is 11.6 Å². The summed E-state index contributed by atoms with van der Waals surface area (Å²) in [6, 6.07) is 9.07. The quantitative estimate of drug-likeness (QED) is 0.315. The Hall–Kier alpha value is -3.86. The van der Waals surface area contributed by atoms with Crippen LogP contribution in [0.15, 0.2) is 29.8 Å². The molecular formula is C23H25N3O5. The van der Waals surface area contributed by atoms with Gasteiger partial charge in [-0.2, -0.15) is 5.26 Å². The van der Waals surface area contributed by atoms with E-state index in [1.165, 1.54) is 20.1 Å². The molecule has 8 nitrogen and oxygen atoms in total. The SMILES string of the molecule is COC(=O)c1c(C)[nH]c(C(=O)[C@H](C)OC(=O)/C(C#N)=C/c2ccc(N(C)C)cc2)c1C. The van der Waals surface area contributed by atoms with E-state index in [0.717, 1.165) is 5.69 Å². The Labute approximate surface area is 181 Å². The number of aromatic amines is 1. The molecule has 1 atom stereocenters. The van der Waals surface area contributed by atoms with Gasteiger partial charge in [-0.15, -0.1) is 0 Å². The van der Waals surface area contributed by atoms with Gasteiger partial charge in [-0.1, -0.05) is 12.1 Å². The molecule has 8 heteroatoms. The van der Waals surface area contributed by atoms with E-state index in [0.29, 0.717) is 16.8 Å². The average Bonchev–Trinajstić information content (AvgIpc) is 3.04. The Balaban J connectivity index is 2.19. The lowest BCUT2D eigenvalue weighted by atomic mass is 10.1. The van der Waals surface area contributed by atoms with Crippen molar-refractivity contribution < 1.29 is 23.9 Å². The van der Waals surface area contributed by atoms with Gasteiger partial charge in [-0.25, -0.2) is 9.59 Å². The topological polar surface area (TPSA) is 112 Å². The van der Waals surface area contributed by atoms with Crippen LogP contribution < -0.4 is 4.90 Å². The number of anilines is 1. The molecule has 1 aromatic carbocycles. The number of methoxy groups -OCH3 is 1. The number of benzene rings is 1. The Morgan fingerprint density at radius 1 is 1.16 bits per heavy atom. The molecule has 162 valence electrons. The maximum atomic E-state index is 12.8. The summed E-state index contributed by atoms with van der Waals surface area (Å²) in [6.45, 7) is 4.66. The highest BCUT2D eigenvalue weighted by atomic mass is 16.5. The molecular weight excluding hydrogens is 398 g/mol. The third-order valence-corrected chi connectivity index (χ3v) is 4.79. The van der Waals surface area contributed by atoms with E-state index in [9.17, 15) is 19.6 Å². The summed E-state index contributed by atoms with van der Waals surface area (Å²) in [5.41, 5.74) is 2.70. The standard InChI is InChI=1S/C23H25N3O5/c1-13-19(23(29)30-6)14(2)25-20(13)21(27)15(3)31-22(28)17(12-24)11-16-7-9-18(10-8-16)26(4)5/h7-11,15,25H,1-6H3/b17-11+/t15-/m0/s1. The maximum Gasteiger partial charge on any atom is 0.349 e. The van der Waals surface area contributed by atoms with E-state index < -0.39 is 23.8 Å². The van der Waals surface area contributed by atoms with Crippen molar-refractivity contribution >= 4 is 29.5 Å². The van der Waals surface area contributed by atoms with Crippen molar-refractivity contribution in [2.75, 3.05) is 26.1 Å². The Kier molecular flexibility index (Phi) is 7.37. The summed E-state index contributed by atoms with van der Waals surface area (Å²) < 4.78 is 9.96. The van der Waals surface area contributed by atoms with Gasteiger partial charge in [-0.3, -0.25) is 4.79 Å². The molecule has 31 heavy (non-hydrogen) atoms. The van der Waals surface area contributed by atoms with E-state index >= 15 is 0 Å². The van der Waals surface area contributed by atoms with Crippen molar-refractivity contribution in [2.45, 2.75) is 26.9 Å². The number of H-pyrrole nitrogens is 1. The number of esters is 2. The maximum absolute atomic E-state index is 12.8. The van der Waals surface area contributed by atoms with Crippen LogP contribution in [0.2, 0.25) is 0 Å². The van der Waals surface area contributed by atoms with Crippen LogP contribution in [0, 0.1) is 25.2 Å². The minimum Gasteiger partial charge on any atom is -0.465 e. The molecule has 1 heterocycles. The number of carbonyl (C=O) groups is 3. The monoisotopic (exact) mass is 423 g/mol. The van der Waals surface area contributed by atoms with Gasteiger partial charge in [0.2, 0.25) is 5.78 Å². The number of carbonyl (C=O) groups excluding carboxylic acids is 3. The fourth-order valence-corrected chi connectivity index (χ4v) is 3.06. The van der Waals surface area contributed by atoms with Crippen LogP contribution in [0.5, 0.6) is 0 Å². The van der Waals surface area contributed by atoms with Crippen LogP contribution in [0.4, 0.5) is 5.69 Å². The zero-order chi connectivity index (χ0) is 23.3. The molecule has 0 amide bonds. The van der Waals surface area contributed by atoms with E-state index in [4.69, 9.17) is 9.47 Å². The third-order valence-electron chi connectivity index (χ3n) is 4.79. The molecule has 0 saturated carbocycles. The average molecular weight is 423 g/mol. The summed E-state index contributed by atoms with van der Waals surface area (Å²) in [4.78, 5) is 41.9. The highest BCUT2D eigenvalue weighted by Gasteiger charge is 2.28. The molecule has 2 rings (SSSR count). The fourth-order valence-electron chi connectivity index (χ4n) is 3.06. The van der Waals surface area contributed by atoms with Crippen molar-refractivity contribution in [3.8, 4) is 6.07 Å². The lowest BCUT2D eigenvalue weighted by Crippen LogP contribution is -2.26. The number of hydrogen-bond donors (Lipinski definition) is 1. The number of ether oxygens (including phenoxy) is 2. The van der Waals surface area contributed by atoms with E-state index in [1.54, 1.807) is 26.0 Å². The van der Waals surface area contributed by atoms with Crippen molar-refractivity contribution in [3.63, 3.8) is 0 Å². The Morgan fingerprint density at radius 3 is 2.29 bits per heavy atom. The van der Waals surface area contributed by atoms with Gasteiger partial charge < -0.3 is 19.4 Å². The first-order valence-corrected chi connectivity index (χ1v) is 9.52. The number of hydrogen-bond acceptors (Lipinski definition) is 7. The highest BCUT2D eigenvalue weighted by Crippen LogP contribution is 2.21. The van der Waals surface area contributed by atoms with Gasteiger partial charge in [0.15, 0.2) is 6.10 Å². The number of nitriles is 1. The number of nitrogens with one attached hydrogen (secondary N) is 1. The first-order chi connectivity index (χ1) is 14.6. The molecule has 0 unspecified atom stereocenters. The molecule has 0 bridgehead atoms. The van der Waals surface area contributed by atoms with Crippen LogP contribution in [0.3, 0.4) is 0 Å². The minimum atomic E-state index is -1.16. The Bertz CT molecular complexity index is 1070. The fraction of sp³-hybridized carbons (Fsp3) is 0.304.